The molecule has 1 N–H and O–H groups in total. The van der Waals surface area contributed by atoms with Crippen molar-refractivity contribution in [1.82, 2.24) is 10.3 Å². The highest BCUT2D eigenvalue weighted by Crippen LogP contribution is 2.29. The summed E-state index contributed by atoms with van der Waals surface area (Å²) in [6.07, 6.45) is 2.26. The Kier molecular flexibility index (Phi) is 2.38. The molecule has 68 valence electrons. The highest BCUT2D eigenvalue weighted by Gasteiger charge is 2.29. The maximum absolute atomic E-state index is 10.7. The van der Waals surface area contributed by atoms with Gasteiger partial charge >= 0.3 is 0 Å². The molecule has 0 radical (unpaired) electrons. The minimum absolute atomic E-state index is 0.0787. The molecule has 5 heteroatoms. The lowest BCUT2D eigenvalue weighted by atomic mass is 10.0. The summed E-state index contributed by atoms with van der Waals surface area (Å²) in [5.41, 5.74) is 0.891. The number of carbonyl (C=O) groups is 1. The molecule has 0 aromatic carbocycles. The van der Waals surface area contributed by atoms with E-state index in [1.807, 2.05) is 6.07 Å². The molecule has 2 heterocycles. The molecule has 1 aliphatic rings. The van der Waals surface area contributed by atoms with Crippen molar-refractivity contribution < 1.29 is 4.79 Å². The van der Waals surface area contributed by atoms with E-state index in [9.17, 15) is 4.79 Å². The van der Waals surface area contributed by atoms with Crippen LogP contribution in [0.5, 0.6) is 0 Å². The van der Waals surface area contributed by atoms with Gasteiger partial charge in [-0.15, -0.1) is 0 Å². The summed E-state index contributed by atoms with van der Waals surface area (Å²) in [5, 5.41) is 2.77. The standard InChI is InChI=1S/C8H6Br2N2O/c9-4-1-5(10)8(11-3-4)6-2-7(13)12-6/h1,3,6H,2H2,(H,12,13). The van der Waals surface area contributed by atoms with Gasteiger partial charge in [-0.05, 0) is 37.9 Å². The first-order valence-electron chi connectivity index (χ1n) is 3.77. The van der Waals surface area contributed by atoms with Crippen LogP contribution < -0.4 is 5.32 Å². The van der Waals surface area contributed by atoms with Crippen LogP contribution in [0.25, 0.3) is 0 Å². The lowest BCUT2D eigenvalue weighted by Gasteiger charge is -2.26. The maximum Gasteiger partial charge on any atom is 0.223 e. The van der Waals surface area contributed by atoms with Crippen molar-refractivity contribution in [3.63, 3.8) is 0 Å². The molecule has 1 aliphatic heterocycles. The molecule has 0 bridgehead atoms. The average molecular weight is 306 g/mol. The molecule has 0 aliphatic carbocycles. The molecule has 1 unspecified atom stereocenters. The Morgan fingerprint density at radius 2 is 2.23 bits per heavy atom. The number of β-lactam (4-membered cyclic amide) rings is 1. The number of nitrogens with zero attached hydrogens (tertiary/aromatic N) is 1. The van der Waals surface area contributed by atoms with E-state index in [1.54, 1.807) is 6.20 Å². The molecule has 1 atom stereocenters. The Morgan fingerprint density at radius 3 is 2.77 bits per heavy atom. The van der Waals surface area contributed by atoms with Crippen LogP contribution in [0.3, 0.4) is 0 Å². The number of aromatic nitrogens is 1. The van der Waals surface area contributed by atoms with Crippen molar-refractivity contribution >= 4 is 37.8 Å². The highest BCUT2D eigenvalue weighted by molar-refractivity contribution is 9.11. The van der Waals surface area contributed by atoms with E-state index in [0.717, 1.165) is 14.6 Å². The van der Waals surface area contributed by atoms with E-state index in [2.05, 4.69) is 42.2 Å². The third-order valence-electron chi connectivity index (χ3n) is 1.89. The van der Waals surface area contributed by atoms with Crippen molar-refractivity contribution in [3.05, 3.63) is 26.9 Å². The van der Waals surface area contributed by atoms with Crippen molar-refractivity contribution in [2.75, 3.05) is 0 Å². The van der Waals surface area contributed by atoms with E-state index in [0.29, 0.717) is 6.42 Å². The SMILES string of the molecule is O=C1CC(c2ncc(Br)cc2Br)N1. The monoisotopic (exact) mass is 304 g/mol. The second kappa shape index (κ2) is 3.38. The Morgan fingerprint density at radius 1 is 1.54 bits per heavy atom. The fourth-order valence-electron chi connectivity index (χ4n) is 1.21. The fourth-order valence-corrected chi connectivity index (χ4v) is 2.47. The zero-order chi connectivity index (χ0) is 9.42. The number of halogens is 2. The van der Waals surface area contributed by atoms with Crippen LogP contribution in [0.4, 0.5) is 0 Å². The zero-order valence-corrected chi connectivity index (χ0v) is 9.72. The summed E-state index contributed by atoms with van der Waals surface area (Å²) in [5.74, 6) is 0.0848. The molecule has 2 rings (SSSR count). The lowest BCUT2D eigenvalue weighted by Crippen LogP contribution is -2.41. The molecular weight excluding hydrogens is 300 g/mol. The number of pyridine rings is 1. The molecule has 1 aromatic heterocycles. The molecule has 1 saturated heterocycles. The lowest BCUT2D eigenvalue weighted by molar-refractivity contribution is -0.128. The zero-order valence-electron chi connectivity index (χ0n) is 6.55. The number of hydrogen-bond acceptors (Lipinski definition) is 2. The van der Waals surface area contributed by atoms with Gasteiger partial charge in [-0.3, -0.25) is 9.78 Å². The van der Waals surface area contributed by atoms with Crippen LogP contribution in [0.2, 0.25) is 0 Å². The van der Waals surface area contributed by atoms with E-state index in [4.69, 9.17) is 0 Å². The molecule has 1 fully saturated rings. The normalized spacial score (nSPS) is 20.8. The second-order valence-electron chi connectivity index (χ2n) is 2.84. The summed E-state index contributed by atoms with van der Waals surface area (Å²) in [6.45, 7) is 0. The number of amides is 1. The van der Waals surface area contributed by atoms with Crippen molar-refractivity contribution in [2.24, 2.45) is 0 Å². The maximum atomic E-state index is 10.7. The quantitative estimate of drug-likeness (QED) is 0.808. The summed E-state index contributed by atoms with van der Waals surface area (Å²) >= 11 is 6.72. The molecule has 1 amide bonds. The molecule has 3 nitrogen and oxygen atoms in total. The predicted molar refractivity (Wildman–Crippen MR) is 55.1 cm³/mol. The topological polar surface area (TPSA) is 42.0 Å². The average Bonchev–Trinajstić information content (AvgIpc) is 2.00. The first-order valence-corrected chi connectivity index (χ1v) is 5.36. The Balaban J connectivity index is 2.26. The van der Waals surface area contributed by atoms with Crippen LogP contribution >= 0.6 is 31.9 Å². The van der Waals surface area contributed by atoms with Gasteiger partial charge in [0.2, 0.25) is 5.91 Å². The van der Waals surface area contributed by atoms with Gasteiger partial charge < -0.3 is 5.32 Å². The number of rotatable bonds is 1. The summed E-state index contributed by atoms with van der Waals surface area (Å²) in [4.78, 5) is 14.9. The third-order valence-corrected chi connectivity index (χ3v) is 2.96. The molecule has 1 aromatic rings. The Labute approximate surface area is 92.2 Å². The summed E-state index contributed by atoms with van der Waals surface area (Å²) in [7, 11) is 0. The van der Waals surface area contributed by atoms with Crippen molar-refractivity contribution in [2.45, 2.75) is 12.5 Å². The van der Waals surface area contributed by atoms with Gasteiger partial charge in [0.05, 0.1) is 18.2 Å². The first kappa shape index (κ1) is 9.15. The summed E-state index contributed by atoms with van der Waals surface area (Å²) < 4.78 is 1.85. The van der Waals surface area contributed by atoms with Crippen LogP contribution in [-0.4, -0.2) is 10.9 Å². The van der Waals surface area contributed by atoms with Gasteiger partial charge in [-0.1, -0.05) is 0 Å². The summed E-state index contributed by atoms with van der Waals surface area (Å²) in [6, 6.07) is 2.00. The van der Waals surface area contributed by atoms with E-state index in [-0.39, 0.29) is 11.9 Å². The third kappa shape index (κ3) is 1.76. The number of nitrogens with one attached hydrogen (secondary N) is 1. The largest absolute Gasteiger partial charge is 0.347 e. The highest BCUT2D eigenvalue weighted by atomic mass is 79.9. The van der Waals surface area contributed by atoms with Crippen molar-refractivity contribution in [1.29, 1.82) is 0 Å². The van der Waals surface area contributed by atoms with E-state index < -0.39 is 0 Å². The van der Waals surface area contributed by atoms with Crippen LogP contribution in [0, 0.1) is 0 Å². The van der Waals surface area contributed by atoms with Crippen LogP contribution in [0.15, 0.2) is 21.2 Å². The Bertz CT molecular complexity index is 359. The number of hydrogen-bond donors (Lipinski definition) is 1. The molecular formula is C8H6Br2N2O. The molecule has 13 heavy (non-hydrogen) atoms. The van der Waals surface area contributed by atoms with E-state index in [1.165, 1.54) is 0 Å². The fraction of sp³-hybridized carbons (Fsp3) is 0.250. The minimum Gasteiger partial charge on any atom is -0.347 e. The van der Waals surface area contributed by atoms with Gasteiger partial charge in [-0.2, -0.15) is 0 Å². The van der Waals surface area contributed by atoms with Gasteiger partial charge in [-0.25, -0.2) is 0 Å². The van der Waals surface area contributed by atoms with Gasteiger partial charge in [0, 0.05) is 15.1 Å². The second-order valence-corrected chi connectivity index (χ2v) is 4.61. The first-order chi connectivity index (χ1) is 6.16. The van der Waals surface area contributed by atoms with Crippen molar-refractivity contribution in [3.8, 4) is 0 Å². The van der Waals surface area contributed by atoms with Crippen LogP contribution in [0.1, 0.15) is 18.2 Å². The van der Waals surface area contributed by atoms with Gasteiger partial charge in [0.1, 0.15) is 0 Å². The van der Waals surface area contributed by atoms with Gasteiger partial charge in [0.15, 0.2) is 0 Å². The predicted octanol–water partition coefficient (Wildman–Crippen LogP) is 2.17. The molecule has 0 saturated carbocycles. The van der Waals surface area contributed by atoms with Crippen LogP contribution in [-0.2, 0) is 4.79 Å². The Hall–Kier alpha value is -0.420. The minimum atomic E-state index is 0.0787. The number of carbonyl (C=O) groups excluding carboxylic acids is 1. The smallest absolute Gasteiger partial charge is 0.223 e. The molecule has 0 spiro atoms. The van der Waals surface area contributed by atoms with Gasteiger partial charge in [0.25, 0.3) is 0 Å². The van der Waals surface area contributed by atoms with E-state index >= 15 is 0 Å².